The van der Waals surface area contributed by atoms with Crippen LogP contribution >= 0.6 is 11.8 Å². The van der Waals surface area contributed by atoms with Gasteiger partial charge in [-0.15, -0.1) is 0 Å². The molecule has 0 saturated heterocycles. The van der Waals surface area contributed by atoms with Gasteiger partial charge in [0.15, 0.2) is 5.76 Å². The molecule has 0 spiro atoms. The van der Waals surface area contributed by atoms with Crippen LogP contribution in [0.15, 0.2) is 34.7 Å². The van der Waals surface area contributed by atoms with Crippen LogP contribution in [0.3, 0.4) is 0 Å². The fourth-order valence-corrected chi connectivity index (χ4v) is 2.34. The Balaban J connectivity index is 2.18. The molecule has 0 radical (unpaired) electrons. The van der Waals surface area contributed by atoms with E-state index >= 15 is 0 Å². The molecule has 116 valence electrons. The highest BCUT2D eigenvalue weighted by Gasteiger charge is 2.14. The number of ether oxygens (including phenoxy) is 1. The lowest BCUT2D eigenvalue weighted by Crippen LogP contribution is -2.13. The largest absolute Gasteiger partial charge is 0.465 e. The van der Waals surface area contributed by atoms with E-state index < -0.39 is 5.97 Å². The smallest absolute Gasteiger partial charge is 0.337 e. The Kier molecular flexibility index (Phi) is 5.27. The predicted octanol–water partition coefficient (Wildman–Crippen LogP) is 3.49. The maximum atomic E-state index is 12.2. The summed E-state index contributed by atoms with van der Waals surface area (Å²) in [5, 5.41) is 2.75. The van der Waals surface area contributed by atoms with Crippen LogP contribution in [-0.4, -0.2) is 25.2 Å². The van der Waals surface area contributed by atoms with Gasteiger partial charge in [0.2, 0.25) is 0 Å². The average molecular weight is 319 g/mol. The molecule has 1 amide bonds. The minimum absolute atomic E-state index is 0.243. The summed E-state index contributed by atoms with van der Waals surface area (Å²) >= 11 is 1.62. The minimum atomic E-state index is -0.448. The molecule has 6 heteroatoms. The number of aryl methyl sites for hydroxylation is 1. The molecule has 0 aliphatic carbocycles. The summed E-state index contributed by atoms with van der Waals surface area (Å²) in [6.07, 6.45) is 1.96. The molecule has 22 heavy (non-hydrogen) atoms. The molecule has 0 saturated carbocycles. The van der Waals surface area contributed by atoms with E-state index in [1.54, 1.807) is 42.1 Å². The highest BCUT2D eigenvalue weighted by Crippen LogP contribution is 2.20. The van der Waals surface area contributed by atoms with Gasteiger partial charge < -0.3 is 14.5 Å². The van der Waals surface area contributed by atoms with E-state index in [9.17, 15) is 9.59 Å². The number of nitrogens with one attached hydrogen (secondary N) is 1. The SMILES string of the molecule is COC(=O)c1ccc(C)c(NC(=O)c2ccc(CSC)o2)c1. The van der Waals surface area contributed by atoms with Crippen molar-refractivity contribution in [1.82, 2.24) is 0 Å². The predicted molar refractivity (Wildman–Crippen MR) is 86.4 cm³/mol. The molecule has 0 fully saturated rings. The highest BCUT2D eigenvalue weighted by molar-refractivity contribution is 7.97. The summed E-state index contributed by atoms with van der Waals surface area (Å²) in [5.74, 6) is 0.905. The molecule has 1 heterocycles. The first-order valence-electron chi connectivity index (χ1n) is 6.63. The number of methoxy groups -OCH3 is 1. The van der Waals surface area contributed by atoms with Crippen LogP contribution < -0.4 is 5.32 Å². The van der Waals surface area contributed by atoms with E-state index in [-0.39, 0.29) is 11.7 Å². The second-order valence-electron chi connectivity index (χ2n) is 4.67. The lowest BCUT2D eigenvalue weighted by atomic mass is 10.1. The minimum Gasteiger partial charge on any atom is -0.465 e. The van der Waals surface area contributed by atoms with Gasteiger partial charge in [0.1, 0.15) is 5.76 Å². The number of amides is 1. The first-order valence-corrected chi connectivity index (χ1v) is 8.02. The van der Waals surface area contributed by atoms with E-state index in [2.05, 4.69) is 10.1 Å². The van der Waals surface area contributed by atoms with E-state index in [1.807, 2.05) is 13.2 Å². The number of benzene rings is 1. The number of esters is 1. The van der Waals surface area contributed by atoms with Gasteiger partial charge in [-0.05, 0) is 43.0 Å². The normalized spacial score (nSPS) is 10.3. The van der Waals surface area contributed by atoms with Crippen molar-refractivity contribution in [2.24, 2.45) is 0 Å². The number of hydrogen-bond donors (Lipinski definition) is 1. The number of anilines is 1. The van der Waals surface area contributed by atoms with Crippen molar-refractivity contribution in [3.63, 3.8) is 0 Å². The number of carbonyl (C=O) groups excluding carboxylic acids is 2. The van der Waals surface area contributed by atoms with Gasteiger partial charge in [-0.3, -0.25) is 4.79 Å². The van der Waals surface area contributed by atoms with Crippen LogP contribution in [0.2, 0.25) is 0 Å². The van der Waals surface area contributed by atoms with Crippen LogP contribution in [0, 0.1) is 6.92 Å². The number of hydrogen-bond acceptors (Lipinski definition) is 5. The zero-order chi connectivity index (χ0) is 16.1. The van der Waals surface area contributed by atoms with Gasteiger partial charge in [0.25, 0.3) is 5.91 Å². The Morgan fingerprint density at radius 2 is 2.05 bits per heavy atom. The molecular weight excluding hydrogens is 302 g/mol. The average Bonchev–Trinajstić information content (AvgIpc) is 2.98. The molecule has 0 atom stereocenters. The summed E-state index contributed by atoms with van der Waals surface area (Å²) < 4.78 is 10.2. The van der Waals surface area contributed by atoms with Gasteiger partial charge in [-0.2, -0.15) is 11.8 Å². The Hall–Kier alpha value is -2.21. The molecule has 1 aromatic carbocycles. The molecular formula is C16H17NO4S. The van der Waals surface area contributed by atoms with E-state index in [4.69, 9.17) is 4.42 Å². The van der Waals surface area contributed by atoms with Crippen LogP contribution in [0.4, 0.5) is 5.69 Å². The summed E-state index contributed by atoms with van der Waals surface area (Å²) in [6.45, 7) is 1.85. The number of furan rings is 1. The third-order valence-corrected chi connectivity index (χ3v) is 3.65. The highest BCUT2D eigenvalue weighted by atomic mass is 32.2. The molecule has 5 nitrogen and oxygen atoms in total. The lowest BCUT2D eigenvalue weighted by Gasteiger charge is -2.09. The van der Waals surface area contributed by atoms with Gasteiger partial charge in [0, 0.05) is 5.69 Å². The van der Waals surface area contributed by atoms with Gasteiger partial charge in [-0.1, -0.05) is 6.07 Å². The van der Waals surface area contributed by atoms with Crippen LogP contribution in [0.1, 0.15) is 32.2 Å². The van der Waals surface area contributed by atoms with Crippen molar-refractivity contribution in [1.29, 1.82) is 0 Å². The standard InChI is InChI=1S/C16H17NO4S/c1-10-4-5-11(16(19)20-2)8-13(10)17-15(18)14-7-6-12(21-14)9-22-3/h4-8H,9H2,1-3H3,(H,17,18). The Labute approximate surface area is 133 Å². The molecule has 0 aliphatic heterocycles. The summed E-state index contributed by atoms with van der Waals surface area (Å²) in [4.78, 5) is 23.8. The van der Waals surface area contributed by atoms with Crippen molar-refractivity contribution < 1.29 is 18.7 Å². The lowest BCUT2D eigenvalue weighted by molar-refractivity contribution is 0.0600. The van der Waals surface area contributed by atoms with E-state index in [0.717, 1.165) is 11.3 Å². The second kappa shape index (κ2) is 7.17. The van der Waals surface area contributed by atoms with Gasteiger partial charge in [-0.25, -0.2) is 4.79 Å². The molecule has 0 bridgehead atoms. The molecule has 1 N–H and O–H groups in total. The first-order chi connectivity index (χ1) is 10.5. The molecule has 2 aromatic rings. The van der Waals surface area contributed by atoms with Crippen LogP contribution in [0.5, 0.6) is 0 Å². The molecule has 2 rings (SSSR count). The summed E-state index contributed by atoms with van der Waals surface area (Å²) in [7, 11) is 1.32. The van der Waals surface area contributed by atoms with Gasteiger partial charge >= 0.3 is 5.97 Å². The Bertz CT molecular complexity index is 693. The fraction of sp³-hybridized carbons (Fsp3) is 0.250. The van der Waals surface area contributed by atoms with Crippen molar-refractivity contribution in [2.45, 2.75) is 12.7 Å². The van der Waals surface area contributed by atoms with Gasteiger partial charge in [0.05, 0.1) is 18.4 Å². The zero-order valence-corrected chi connectivity index (χ0v) is 13.5. The Morgan fingerprint density at radius 3 is 2.73 bits per heavy atom. The molecule has 0 aliphatic rings. The van der Waals surface area contributed by atoms with Crippen LogP contribution in [0.25, 0.3) is 0 Å². The van der Waals surface area contributed by atoms with Crippen molar-refractivity contribution in [3.8, 4) is 0 Å². The van der Waals surface area contributed by atoms with Crippen molar-refractivity contribution >= 4 is 29.3 Å². The second-order valence-corrected chi connectivity index (χ2v) is 5.54. The zero-order valence-electron chi connectivity index (χ0n) is 12.6. The molecule has 0 unspecified atom stereocenters. The number of carbonyl (C=O) groups is 2. The molecule has 1 aromatic heterocycles. The third kappa shape index (κ3) is 3.71. The summed E-state index contributed by atoms with van der Waals surface area (Å²) in [6, 6.07) is 8.41. The Morgan fingerprint density at radius 1 is 1.27 bits per heavy atom. The number of rotatable bonds is 5. The maximum Gasteiger partial charge on any atom is 0.337 e. The fourth-order valence-electron chi connectivity index (χ4n) is 1.91. The van der Waals surface area contributed by atoms with Crippen molar-refractivity contribution in [2.75, 3.05) is 18.7 Å². The quantitative estimate of drug-likeness (QED) is 0.854. The maximum absolute atomic E-state index is 12.2. The van der Waals surface area contributed by atoms with E-state index in [1.165, 1.54) is 7.11 Å². The third-order valence-electron chi connectivity index (χ3n) is 3.08. The topological polar surface area (TPSA) is 68.5 Å². The first kappa shape index (κ1) is 16.2. The number of thioether (sulfide) groups is 1. The summed E-state index contributed by atoms with van der Waals surface area (Å²) in [5.41, 5.74) is 1.78. The van der Waals surface area contributed by atoms with Crippen molar-refractivity contribution in [3.05, 3.63) is 53.0 Å². The monoisotopic (exact) mass is 319 g/mol. The van der Waals surface area contributed by atoms with Crippen LogP contribution in [-0.2, 0) is 10.5 Å². The van der Waals surface area contributed by atoms with E-state index in [0.29, 0.717) is 17.0 Å².